The van der Waals surface area contributed by atoms with Gasteiger partial charge in [0.15, 0.2) is 0 Å². The summed E-state index contributed by atoms with van der Waals surface area (Å²) >= 11 is 0. The van der Waals surface area contributed by atoms with Gasteiger partial charge in [-0.1, -0.05) is 12.1 Å². The van der Waals surface area contributed by atoms with Gasteiger partial charge in [0.05, 0.1) is 12.2 Å². The lowest BCUT2D eigenvalue weighted by molar-refractivity contribution is 0.0471. The molecule has 2 aromatic carbocycles. The normalized spacial score (nSPS) is 10.3. The highest BCUT2D eigenvalue weighted by Gasteiger charge is 2.12. The molecule has 4 nitrogen and oxygen atoms in total. The van der Waals surface area contributed by atoms with Crippen LogP contribution in [0.25, 0.3) is 0 Å². The zero-order valence-corrected chi connectivity index (χ0v) is 13.2. The first-order valence-corrected chi connectivity index (χ1v) is 7.27. The van der Waals surface area contributed by atoms with Crippen molar-refractivity contribution in [3.8, 4) is 5.75 Å². The van der Waals surface area contributed by atoms with Gasteiger partial charge in [-0.15, -0.1) is 0 Å². The van der Waals surface area contributed by atoms with Gasteiger partial charge in [0.1, 0.15) is 12.4 Å². The second-order valence-corrected chi connectivity index (χ2v) is 5.12. The minimum absolute atomic E-state index is 0.227. The Morgan fingerprint density at radius 1 is 1.18 bits per heavy atom. The lowest BCUT2D eigenvalue weighted by Crippen LogP contribution is -2.09. The van der Waals surface area contributed by atoms with Gasteiger partial charge in [0.2, 0.25) is 0 Å². The molecule has 0 bridgehead atoms. The maximum Gasteiger partial charge on any atom is 0.338 e. The fourth-order valence-corrected chi connectivity index (χ4v) is 2.18. The average molecular weight is 299 g/mol. The first kappa shape index (κ1) is 15.9. The molecule has 0 aliphatic heterocycles. The van der Waals surface area contributed by atoms with E-state index in [1.54, 1.807) is 18.2 Å². The van der Waals surface area contributed by atoms with Crippen LogP contribution in [0, 0.1) is 13.8 Å². The van der Waals surface area contributed by atoms with Crippen LogP contribution >= 0.6 is 0 Å². The highest BCUT2D eigenvalue weighted by atomic mass is 16.5. The molecular weight excluding hydrogens is 278 g/mol. The topological polar surface area (TPSA) is 61.5 Å². The van der Waals surface area contributed by atoms with Gasteiger partial charge in [-0.05, 0) is 61.7 Å². The molecular formula is C18H21NO3. The van der Waals surface area contributed by atoms with Crippen molar-refractivity contribution in [3.63, 3.8) is 0 Å². The smallest absolute Gasteiger partial charge is 0.338 e. The largest absolute Gasteiger partial charge is 0.494 e. The highest BCUT2D eigenvalue weighted by Crippen LogP contribution is 2.20. The maximum atomic E-state index is 12.2. The number of anilines is 1. The number of nitrogens with two attached hydrogens (primary N) is 1. The van der Waals surface area contributed by atoms with Crippen LogP contribution in [0.4, 0.5) is 5.69 Å². The van der Waals surface area contributed by atoms with E-state index in [1.807, 2.05) is 39.0 Å². The monoisotopic (exact) mass is 299 g/mol. The summed E-state index contributed by atoms with van der Waals surface area (Å²) in [6, 6.07) is 11.0. The van der Waals surface area contributed by atoms with Gasteiger partial charge in [-0.25, -0.2) is 4.79 Å². The molecule has 0 heterocycles. The number of aryl methyl sites for hydroxylation is 1. The van der Waals surface area contributed by atoms with Crippen LogP contribution in [0.15, 0.2) is 36.4 Å². The Morgan fingerprint density at radius 2 is 1.95 bits per heavy atom. The molecule has 2 aromatic rings. The number of esters is 1. The third kappa shape index (κ3) is 3.58. The molecule has 0 aliphatic rings. The van der Waals surface area contributed by atoms with Crippen molar-refractivity contribution in [1.29, 1.82) is 0 Å². The number of ether oxygens (including phenoxy) is 2. The van der Waals surface area contributed by atoms with E-state index in [2.05, 4.69) is 0 Å². The van der Waals surface area contributed by atoms with E-state index in [0.717, 1.165) is 22.4 Å². The van der Waals surface area contributed by atoms with Crippen LogP contribution in [0.3, 0.4) is 0 Å². The van der Waals surface area contributed by atoms with E-state index in [4.69, 9.17) is 15.2 Å². The molecule has 0 saturated heterocycles. The SMILES string of the molecule is CCOc1ccc(COC(=O)c2cccc(N)c2C)c(C)c1. The van der Waals surface area contributed by atoms with Crippen molar-refractivity contribution in [2.75, 3.05) is 12.3 Å². The Balaban J connectivity index is 2.06. The summed E-state index contributed by atoms with van der Waals surface area (Å²) in [5, 5.41) is 0. The third-order valence-corrected chi connectivity index (χ3v) is 3.58. The average Bonchev–Trinajstić information content (AvgIpc) is 2.49. The molecule has 0 radical (unpaired) electrons. The van der Waals surface area contributed by atoms with Gasteiger partial charge in [-0.2, -0.15) is 0 Å². The lowest BCUT2D eigenvalue weighted by Gasteiger charge is -2.11. The van der Waals surface area contributed by atoms with Gasteiger partial charge in [-0.3, -0.25) is 0 Å². The van der Waals surface area contributed by atoms with Crippen molar-refractivity contribution in [1.82, 2.24) is 0 Å². The minimum atomic E-state index is -0.363. The van der Waals surface area contributed by atoms with Crippen LogP contribution in [0.2, 0.25) is 0 Å². The zero-order chi connectivity index (χ0) is 16.1. The Kier molecular flexibility index (Phi) is 5.04. The van der Waals surface area contributed by atoms with E-state index in [0.29, 0.717) is 17.9 Å². The molecule has 2 N–H and O–H groups in total. The second-order valence-electron chi connectivity index (χ2n) is 5.12. The standard InChI is InChI=1S/C18H21NO3/c1-4-21-15-9-8-14(12(2)10-15)11-22-18(20)16-6-5-7-17(19)13(16)3/h5-10H,4,11,19H2,1-3H3. The van der Waals surface area contributed by atoms with Crippen molar-refractivity contribution in [2.45, 2.75) is 27.4 Å². The van der Waals surface area contributed by atoms with Crippen LogP contribution in [0.5, 0.6) is 5.75 Å². The first-order chi connectivity index (χ1) is 10.5. The molecule has 0 fully saturated rings. The molecule has 0 aromatic heterocycles. The molecule has 0 spiro atoms. The Hall–Kier alpha value is -2.49. The molecule has 2 rings (SSSR count). The summed E-state index contributed by atoms with van der Waals surface area (Å²) < 4.78 is 10.8. The van der Waals surface area contributed by atoms with E-state index in [-0.39, 0.29) is 12.6 Å². The van der Waals surface area contributed by atoms with E-state index >= 15 is 0 Å². The summed E-state index contributed by atoms with van der Waals surface area (Å²) in [7, 11) is 0. The first-order valence-electron chi connectivity index (χ1n) is 7.27. The quantitative estimate of drug-likeness (QED) is 0.676. The third-order valence-electron chi connectivity index (χ3n) is 3.58. The van der Waals surface area contributed by atoms with Gasteiger partial charge >= 0.3 is 5.97 Å². The van der Waals surface area contributed by atoms with Crippen LogP contribution in [-0.4, -0.2) is 12.6 Å². The molecule has 22 heavy (non-hydrogen) atoms. The predicted octanol–water partition coefficient (Wildman–Crippen LogP) is 3.64. The number of benzene rings is 2. The molecule has 0 unspecified atom stereocenters. The summed E-state index contributed by atoms with van der Waals surface area (Å²) in [5.41, 5.74) is 9.64. The van der Waals surface area contributed by atoms with E-state index < -0.39 is 0 Å². The molecule has 116 valence electrons. The predicted molar refractivity (Wildman–Crippen MR) is 87.1 cm³/mol. The van der Waals surface area contributed by atoms with Gasteiger partial charge in [0, 0.05) is 5.69 Å². The maximum absolute atomic E-state index is 12.2. The molecule has 0 saturated carbocycles. The van der Waals surface area contributed by atoms with E-state index in [1.165, 1.54) is 0 Å². The molecule has 0 aliphatic carbocycles. The van der Waals surface area contributed by atoms with Gasteiger partial charge in [0.25, 0.3) is 0 Å². The van der Waals surface area contributed by atoms with Crippen molar-refractivity contribution >= 4 is 11.7 Å². The van der Waals surface area contributed by atoms with Gasteiger partial charge < -0.3 is 15.2 Å². The molecule has 0 atom stereocenters. The number of nitrogen functional groups attached to an aromatic ring is 1. The number of hydrogen-bond acceptors (Lipinski definition) is 4. The Morgan fingerprint density at radius 3 is 2.64 bits per heavy atom. The lowest BCUT2D eigenvalue weighted by atomic mass is 10.1. The fraction of sp³-hybridized carbons (Fsp3) is 0.278. The summed E-state index contributed by atoms with van der Waals surface area (Å²) in [6.45, 7) is 6.58. The van der Waals surface area contributed by atoms with Crippen molar-refractivity contribution in [2.24, 2.45) is 0 Å². The molecule has 4 heteroatoms. The van der Waals surface area contributed by atoms with Crippen molar-refractivity contribution in [3.05, 3.63) is 58.7 Å². The summed E-state index contributed by atoms with van der Waals surface area (Å²) in [5.74, 6) is 0.458. The zero-order valence-electron chi connectivity index (χ0n) is 13.2. The van der Waals surface area contributed by atoms with Crippen LogP contribution in [-0.2, 0) is 11.3 Å². The van der Waals surface area contributed by atoms with Crippen LogP contribution < -0.4 is 10.5 Å². The Bertz CT molecular complexity index is 680. The Labute approximate surface area is 130 Å². The number of carbonyl (C=O) groups is 1. The second kappa shape index (κ2) is 6.98. The number of rotatable bonds is 5. The van der Waals surface area contributed by atoms with Crippen molar-refractivity contribution < 1.29 is 14.3 Å². The van der Waals surface area contributed by atoms with E-state index in [9.17, 15) is 4.79 Å². The highest BCUT2D eigenvalue weighted by molar-refractivity contribution is 5.92. The number of carbonyl (C=O) groups excluding carboxylic acids is 1. The number of hydrogen-bond donors (Lipinski definition) is 1. The molecule has 0 amide bonds. The fourth-order valence-electron chi connectivity index (χ4n) is 2.18. The summed E-state index contributed by atoms with van der Waals surface area (Å²) in [4.78, 5) is 12.2. The summed E-state index contributed by atoms with van der Waals surface area (Å²) in [6.07, 6.45) is 0. The minimum Gasteiger partial charge on any atom is -0.494 e. The van der Waals surface area contributed by atoms with Crippen LogP contribution in [0.1, 0.15) is 34.0 Å².